The van der Waals surface area contributed by atoms with Gasteiger partial charge in [-0.2, -0.15) is 0 Å². The predicted octanol–water partition coefficient (Wildman–Crippen LogP) is 3.23. The van der Waals surface area contributed by atoms with Crippen molar-refractivity contribution in [3.05, 3.63) is 25.4 Å². The van der Waals surface area contributed by atoms with Crippen LogP contribution in [0.5, 0.6) is 0 Å². The molecule has 0 aromatic carbocycles. The smallest absolute Gasteiger partial charge is 0.264 e. The van der Waals surface area contributed by atoms with Gasteiger partial charge in [-0.05, 0) is 41.9 Å². The molecule has 0 bridgehead atoms. The second-order valence-corrected chi connectivity index (χ2v) is 5.79. The van der Waals surface area contributed by atoms with E-state index in [4.69, 9.17) is 0 Å². The van der Waals surface area contributed by atoms with Crippen LogP contribution in [0.3, 0.4) is 0 Å². The molecule has 6 heteroatoms. The fourth-order valence-electron chi connectivity index (χ4n) is 2.36. The van der Waals surface area contributed by atoms with Gasteiger partial charge in [-0.25, -0.2) is 13.8 Å². The van der Waals surface area contributed by atoms with Crippen molar-refractivity contribution in [1.82, 2.24) is 9.97 Å². The molecule has 100 valence electrons. The van der Waals surface area contributed by atoms with Gasteiger partial charge in [0.15, 0.2) is 0 Å². The normalized spacial score (nSPS) is 23.0. The van der Waals surface area contributed by atoms with Gasteiger partial charge in [0.05, 0.1) is 9.26 Å². The molecule has 18 heavy (non-hydrogen) atoms. The highest BCUT2D eigenvalue weighted by molar-refractivity contribution is 14.1. The Labute approximate surface area is 118 Å². The summed E-state index contributed by atoms with van der Waals surface area (Å²) in [4.78, 5) is 18.7. The largest absolute Gasteiger partial charge is 0.309 e. The molecule has 0 saturated heterocycles. The van der Waals surface area contributed by atoms with Crippen molar-refractivity contribution in [3.8, 4) is 0 Å². The Kier molecular flexibility index (Phi) is 4.03. The molecule has 1 aromatic rings. The van der Waals surface area contributed by atoms with Gasteiger partial charge in [-0.3, -0.25) is 4.79 Å². The van der Waals surface area contributed by atoms with Crippen LogP contribution >= 0.6 is 22.6 Å². The van der Waals surface area contributed by atoms with Gasteiger partial charge < -0.3 is 4.98 Å². The molecule has 0 radical (unpaired) electrons. The fraction of sp³-hybridized carbons (Fsp3) is 0.667. The summed E-state index contributed by atoms with van der Waals surface area (Å²) in [5, 5.41) is 0. The molecule has 2 rings (SSSR count). The van der Waals surface area contributed by atoms with Crippen LogP contribution in [-0.4, -0.2) is 15.9 Å². The topological polar surface area (TPSA) is 45.8 Å². The van der Waals surface area contributed by atoms with E-state index in [1.165, 1.54) is 0 Å². The molecule has 0 spiro atoms. The highest BCUT2D eigenvalue weighted by Gasteiger charge is 2.37. The minimum Gasteiger partial charge on any atom is -0.309 e. The maximum Gasteiger partial charge on any atom is 0.264 e. The van der Waals surface area contributed by atoms with Crippen LogP contribution in [0.15, 0.2) is 4.79 Å². The summed E-state index contributed by atoms with van der Waals surface area (Å²) >= 11 is 1.94. The molecular formula is C12H15F2IN2O. The molecule has 1 aromatic heterocycles. The van der Waals surface area contributed by atoms with Gasteiger partial charge in [0.2, 0.25) is 5.92 Å². The van der Waals surface area contributed by atoms with Crippen LogP contribution in [-0.2, 0) is 6.42 Å². The zero-order valence-corrected chi connectivity index (χ0v) is 12.3. The minimum atomic E-state index is -2.63. The van der Waals surface area contributed by atoms with Crippen molar-refractivity contribution in [2.24, 2.45) is 0 Å². The van der Waals surface area contributed by atoms with Crippen molar-refractivity contribution in [2.45, 2.75) is 50.9 Å². The third kappa shape index (κ3) is 2.89. The SMILES string of the molecule is CCc1nc(C2CCCC(F)(F)C2)[nH]c(=O)c1I. The number of aryl methyl sites for hydroxylation is 1. The number of nitrogens with one attached hydrogen (secondary N) is 1. The van der Waals surface area contributed by atoms with Crippen molar-refractivity contribution in [1.29, 1.82) is 0 Å². The van der Waals surface area contributed by atoms with Crippen LogP contribution in [0.4, 0.5) is 8.78 Å². The average Bonchev–Trinajstić information content (AvgIpc) is 2.31. The number of hydrogen-bond donors (Lipinski definition) is 1. The molecule has 1 atom stereocenters. The van der Waals surface area contributed by atoms with E-state index < -0.39 is 5.92 Å². The molecule has 1 fully saturated rings. The molecule has 1 aliphatic carbocycles. The first kappa shape index (κ1) is 13.9. The van der Waals surface area contributed by atoms with Gasteiger partial charge in [0, 0.05) is 18.8 Å². The van der Waals surface area contributed by atoms with Crippen molar-refractivity contribution >= 4 is 22.6 Å². The Morgan fingerprint density at radius 1 is 1.56 bits per heavy atom. The molecule has 1 heterocycles. The number of halogens is 3. The highest BCUT2D eigenvalue weighted by atomic mass is 127. The summed E-state index contributed by atoms with van der Waals surface area (Å²) in [6, 6.07) is 0. The number of H-pyrrole nitrogens is 1. The Bertz CT molecular complexity index is 501. The van der Waals surface area contributed by atoms with Gasteiger partial charge in [-0.1, -0.05) is 6.92 Å². The Hall–Kier alpha value is -0.530. The van der Waals surface area contributed by atoms with E-state index in [9.17, 15) is 13.6 Å². The summed E-state index contributed by atoms with van der Waals surface area (Å²) in [5.41, 5.74) is 0.481. The lowest BCUT2D eigenvalue weighted by Crippen LogP contribution is -2.28. The lowest BCUT2D eigenvalue weighted by molar-refractivity contribution is -0.0417. The van der Waals surface area contributed by atoms with Crippen molar-refractivity contribution < 1.29 is 8.78 Å². The Morgan fingerprint density at radius 2 is 2.28 bits per heavy atom. The monoisotopic (exact) mass is 368 g/mol. The van der Waals surface area contributed by atoms with Gasteiger partial charge >= 0.3 is 0 Å². The molecule has 0 amide bonds. The molecule has 1 N–H and O–H groups in total. The first-order valence-electron chi connectivity index (χ1n) is 6.09. The van der Waals surface area contributed by atoms with Gasteiger partial charge in [-0.15, -0.1) is 0 Å². The van der Waals surface area contributed by atoms with Crippen molar-refractivity contribution in [3.63, 3.8) is 0 Å². The summed E-state index contributed by atoms with van der Waals surface area (Å²) < 4.78 is 27.3. The number of alkyl halides is 2. The van der Waals surface area contributed by atoms with E-state index >= 15 is 0 Å². The van der Waals surface area contributed by atoms with E-state index in [0.29, 0.717) is 34.4 Å². The van der Waals surface area contributed by atoms with Crippen LogP contribution in [0.25, 0.3) is 0 Å². The number of rotatable bonds is 2. The second-order valence-electron chi connectivity index (χ2n) is 4.71. The summed E-state index contributed by atoms with van der Waals surface area (Å²) in [5.74, 6) is -2.53. The third-order valence-electron chi connectivity index (χ3n) is 3.31. The average molecular weight is 368 g/mol. The fourth-order valence-corrected chi connectivity index (χ4v) is 2.99. The summed E-state index contributed by atoms with van der Waals surface area (Å²) in [6.07, 6.45) is 1.52. The zero-order valence-electron chi connectivity index (χ0n) is 10.1. The number of aromatic nitrogens is 2. The standard InChI is InChI=1S/C12H15F2IN2O/c1-2-8-9(15)11(18)17-10(16-8)7-4-3-5-12(13,14)6-7/h7H,2-6H2,1H3,(H,16,17,18). The summed E-state index contributed by atoms with van der Waals surface area (Å²) in [7, 11) is 0. The molecular weight excluding hydrogens is 353 g/mol. The minimum absolute atomic E-state index is 0.0568. The third-order valence-corrected chi connectivity index (χ3v) is 4.42. The molecule has 1 unspecified atom stereocenters. The predicted molar refractivity (Wildman–Crippen MR) is 73.1 cm³/mol. The van der Waals surface area contributed by atoms with Gasteiger partial charge in [0.25, 0.3) is 5.56 Å². The maximum atomic E-state index is 13.4. The first-order valence-corrected chi connectivity index (χ1v) is 7.17. The number of aromatic amines is 1. The van der Waals surface area contributed by atoms with E-state index in [1.54, 1.807) is 0 Å². The quantitative estimate of drug-likeness (QED) is 0.815. The van der Waals surface area contributed by atoms with Crippen LogP contribution < -0.4 is 5.56 Å². The number of nitrogens with zero attached hydrogens (tertiary/aromatic N) is 1. The zero-order chi connectivity index (χ0) is 13.3. The Morgan fingerprint density at radius 3 is 2.89 bits per heavy atom. The number of hydrogen-bond acceptors (Lipinski definition) is 2. The van der Waals surface area contributed by atoms with E-state index in [1.807, 2.05) is 29.5 Å². The molecule has 1 aliphatic rings. The maximum absolute atomic E-state index is 13.4. The lowest BCUT2D eigenvalue weighted by atomic mass is 9.86. The van der Waals surface area contributed by atoms with Gasteiger partial charge in [0.1, 0.15) is 5.82 Å². The van der Waals surface area contributed by atoms with E-state index in [-0.39, 0.29) is 24.3 Å². The van der Waals surface area contributed by atoms with Crippen LogP contribution in [0.2, 0.25) is 0 Å². The lowest BCUT2D eigenvalue weighted by Gasteiger charge is -2.28. The van der Waals surface area contributed by atoms with E-state index in [0.717, 1.165) is 0 Å². The Balaban J connectivity index is 2.34. The van der Waals surface area contributed by atoms with Crippen LogP contribution in [0.1, 0.15) is 50.0 Å². The van der Waals surface area contributed by atoms with Crippen LogP contribution in [0, 0.1) is 3.57 Å². The second kappa shape index (κ2) is 5.22. The molecule has 1 saturated carbocycles. The highest BCUT2D eigenvalue weighted by Crippen LogP contribution is 2.40. The molecule has 3 nitrogen and oxygen atoms in total. The summed E-state index contributed by atoms with van der Waals surface area (Å²) in [6.45, 7) is 1.91. The first-order chi connectivity index (χ1) is 8.43. The van der Waals surface area contributed by atoms with E-state index in [2.05, 4.69) is 9.97 Å². The van der Waals surface area contributed by atoms with Crippen molar-refractivity contribution in [2.75, 3.05) is 0 Å². The molecule has 0 aliphatic heterocycles.